The van der Waals surface area contributed by atoms with Gasteiger partial charge < -0.3 is 10.5 Å². The van der Waals surface area contributed by atoms with Gasteiger partial charge in [-0.05, 0) is 67.5 Å². The number of nitrogens with two attached hydrogens (primary N) is 1. The van der Waals surface area contributed by atoms with Gasteiger partial charge in [0.2, 0.25) is 0 Å². The third kappa shape index (κ3) is 3.09. The van der Waals surface area contributed by atoms with Gasteiger partial charge in [-0.1, -0.05) is 78.9 Å². The number of fused-ring (bicyclic) bond motifs is 2. The zero-order valence-electron chi connectivity index (χ0n) is 19.0. The third-order valence-electron chi connectivity index (χ3n) is 6.91. The lowest BCUT2D eigenvalue weighted by atomic mass is 9.87. The van der Waals surface area contributed by atoms with E-state index in [1.54, 1.807) is 0 Å². The monoisotopic (exact) mass is 450 g/mol. The Kier molecular flexibility index (Phi) is 4.36. The molecule has 0 spiro atoms. The average molecular weight is 451 g/mol. The maximum absolute atomic E-state index is 6.32. The molecular weight excluding hydrogens is 428 g/mol. The molecule has 2 N–H and O–H groups in total. The molecule has 0 bridgehead atoms. The molecule has 0 aliphatic heterocycles. The number of anilines is 1. The van der Waals surface area contributed by atoms with Crippen LogP contribution in [0.5, 0.6) is 5.75 Å². The lowest BCUT2D eigenvalue weighted by Crippen LogP contribution is -1.99. The Hall–Kier alpha value is -4.63. The fourth-order valence-electron chi connectivity index (χ4n) is 5.34. The number of hydrogen-bond donors (Lipinski definition) is 1. The summed E-state index contributed by atoms with van der Waals surface area (Å²) in [6.45, 7) is 0.450. The van der Waals surface area contributed by atoms with Gasteiger partial charge in [0.05, 0.1) is 0 Å². The van der Waals surface area contributed by atoms with Crippen LogP contribution in [0.4, 0.5) is 5.69 Å². The smallest absolute Gasteiger partial charge is 0.146 e. The molecule has 35 heavy (non-hydrogen) atoms. The highest BCUT2D eigenvalue weighted by Crippen LogP contribution is 2.45. The molecule has 0 aliphatic rings. The Morgan fingerprint density at radius 2 is 1.29 bits per heavy atom. The van der Waals surface area contributed by atoms with Crippen LogP contribution in [-0.4, -0.2) is 4.98 Å². The van der Waals surface area contributed by atoms with Crippen molar-refractivity contribution in [3.8, 4) is 17.0 Å². The minimum absolute atomic E-state index is 0.450. The number of ether oxygens (including phenoxy) is 1. The Balaban J connectivity index is 1.50. The molecule has 0 radical (unpaired) electrons. The molecule has 7 aromatic rings. The van der Waals surface area contributed by atoms with Crippen molar-refractivity contribution in [2.24, 2.45) is 0 Å². The molecule has 0 amide bonds. The minimum Gasteiger partial charge on any atom is -0.487 e. The van der Waals surface area contributed by atoms with Crippen LogP contribution in [0.25, 0.3) is 54.3 Å². The Labute approximate surface area is 202 Å². The average Bonchev–Trinajstić information content (AvgIpc) is 2.91. The van der Waals surface area contributed by atoms with Gasteiger partial charge in [0.25, 0.3) is 0 Å². The van der Waals surface area contributed by atoms with Crippen LogP contribution in [-0.2, 0) is 6.61 Å². The first-order chi connectivity index (χ1) is 17.3. The molecule has 166 valence electrons. The number of hydrogen-bond acceptors (Lipinski definition) is 3. The topological polar surface area (TPSA) is 48.1 Å². The van der Waals surface area contributed by atoms with E-state index in [9.17, 15) is 0 Å². The normalized spacial score (nSPS) is 11.7. The zero-order chi connectivity index (χ0) is 23.4. The maximum Gasteiger partial charge on any atom is 0.146 e. The van der Waals surface area contributed by atoms with Gasteiger partial charge in [0.1, 0.15) is 18.1 Å². The van der Waals surface area contributed by atoms with Crippen LogP contribution in [0.2, 0.25) is 0 Å². The Morgan fingerprint density at radius 3 is 2.06 bits per heavy atom. The number of aromatic nitrogens is 1. The molecule has 7 rings (SSSR count). The lowest BCUT2D eigenvalue weighted by Gasteiger charge is -2.18. The predicted molar refractivity (Wildman–Crippen MR) is 146 cm³/mol. The summed E-state index contributed by atoms with van der Waals surface area (Å²) in [6.07, 6.45) is 1.84. The van der Waals surface area contributed by atoms with Crippen molar-refractivity contribution in [2.45, 2.75) is 6.61 Å². The lowest BCUT2D eigenvalue weighted by molar-refractivity contribution is 0.306. The van der Waals surface area contributed by atoms with Crippen molar-refractivity contribution in [2.75, 3.05) is 5.73 Å². The van der Waals surface area contributed by atoms with E-state index in [1.807, 2.05) is 42.6 Å². The minimum atomic E-state index is 0.450. The van der Waals surface area contributed by atoms with E-state index in [0.29, 0.717) is 6.61 Å². The summed E-state index contributed by atoms with van der Waals surface area (Å²) >= 11 is 0. The van der Waals surface area contributed by atoms with E-state index in [0.717, 1.165) is 28.3 Å². The number of rotatable bonds is 4. The van der Waals surface area contributed by atoms with Crippen LogP contribution in [0.1, 0.15) is 5.56 Å². The summed E-state index contributed by atoms with van der Waals surface area (Å²) in [6, 6.07) is 35.8. The highest BCUT2D eigenvalue weighted by atomic mass is 16.5. The summed E-state index contributed by atoms with van der Waals surface area (Å²) < 4.78 is 6.32. The highest BCUT2D eigenvalue weighted by Gasteiger charge is 2.18. The van der Waals surface area contributed by atoms with Crippen LogP contribution in [0.15, 0.2) is 109 Å². The fraction of sp³-hybridized carbons (Fsp3) is 0.0312. The van der Waals surface area contributed by atoms with E-state index in [4.69, 9.17) is 15.5 Å². The maximum atomic E-state index is 6.32. The quantitative estimate of drug-likeness (QED) is 0.168. The Bertz CT molecular complexity index is 1850. The molecule has 3 nitrogen and oxygen atoms in total. The summed E-state index contributed by atoms with van der Waals surface area (Å²) in [5.41, 5.74) is 9.59. The van der Waals surface area contributed by atoms with Gasteiger partial charge in [0, 0.05) is 22.8 Å². The molecule has 3 heteroatoms. The number of pyridine rings is 1. The van der Waals surface area contributed by atoms with Crippen LogP contribution in [0.3, 0.4) is 0 Å². The van der Waals surface area contributed by atoms with Crippen molar-refractivity contribution in [1.82, 2.24) is 4.98 Å². The SMILES string of the molecule is Nc1ccc(COc2cccnc2-c2ccc3cccc4c5cccc6cccc(c2c34)c65)cc1. The van der Waals surface area contributed by atoms with E-state index in [1.165, 1.54) is 43.1 Å². The molecule has 0 aliphatic carbocycles. The molecule has 1 heterocycles. The van der Waals surface area contributed by atoms with E-state index in [2.05, 4.69) is 66.7 Å². The molecule has 0 atom stereocenters. The molecule has 1 aromatic heterocycles. The van der Waals surface area contributed by atoms with Gasteiger partial charge in [-0.3, -0.25) is 4.98 Å². The first-order valence-electron chi connectivity index (χ1n) is 11.8. The van der Waals surface area contributed by atoms with Gasteiger partial charge in [-0.2, -0.15) is 0 Å². The molecule has 0 fully saturated rings. The second kappa shape index (κ2) is 7.71. The molecule has 0 unspecified atom stereocenters. The molecule has 6 aromatic carbocycles. The van der Waals surface area contributed by atoms with Gasteiger partial charge >= 0.3 is 0 Å². The van der Waals surface area contributed by atoms with Crippen molar-refractivity contribution in [3.63, 3.8) is 0 Å². The van der Waals surface area contributed by atoms with Crippen molar-refractivity contribution < 1.29 is 4.74 Å². The summed E-state index contributed by atoms with van der Waals surface area (Å²) in [5.74, 6) is 0.767. The van der Waals surface area contributed by atoms with E-state index >= 15 is 0 Å². The van der Waals surface area contributed by atoms with Crippen LogP contribution in [0, 0.1) is 0 Å². The van der Waals surface area contributed by atoms with Crippen LogP contribution < -0.4 is 10.5 Å². The highest BCUT2D eigenvalue weighted by molar-refractivity contribution is 6.35. The summed E-state index contributed by atoms with van der Waals surface area (Å²) in [7, 11) is 0. The molecule has 0 saturated heterocycles. The predicted octanol–water partition coefficient (Wildman–Crippen LogP) is 7.96. The Morgan fingerprint density at radius 1 is 0.600 bits per heavy atom. The van der Waals surface area contributed by atoms with Crippen molar-refractivity contribution >= 4 is 48.8 Å². The van der Waals surface area contributed by atoms with E-state index < -0.39 is 0 Å². The van der Waals surface area contributed by atoms with E-state index in [-0.39, 0.29) is 0 Å². The summed E-state index contributed by atoms with van der Waals surface area (Å²) in [4.78, 5) is 4.82. The second-order valence-corrected chi connectivity index (χ2v) is 8.98. The van der Waals surface area contributed by atoms with Crippen molar-refractivity contribution in [3.05, 3.63) is 115 Å². The summed E-state index contributed by atoms with van der Waals surface area (Å²) in [5, 5.41) is 10.1. The third-order valence-corrected chi connectivity index (χ3v) is 6.91. The molecule has 0 saturated carbocycles. The number of nitrogen functional groups attached to an aromatic ring is 1. The van der Waals surface area contributed by atoms with Gasteiger partial charge in [0.15, 0.2) is 0 Å². The van der Waals surface area contributed by atoms with Crippen LogP contribution >= 0.6 is 0 Å². The number of benzene rings is 6. The fourth-order valence-corrected chi connectivity index (χ4v) is 5.34. The van der Waals surface area contributed by atoms with Crippen molar-refractivity contribution in [1.29, 1.82) is 0 Å². The molecular formula is C32H22N2O. The standard InChI is InChI=1S/C32H22N2O/c33-23-15-12-20(13-16-23)19-35-28-11-4-18-34-32(28)27-17-14-22-7-2-9-25-24-8-1-5-21-6-3-10-26(29(21)24)31(27)30(22)25/h1-18H,19,33H2. The second-order valence-electron chi connectivity index (χ2n) is 8.98. The number of nitrogens with zero attached hydrogens (tertiary/aromatic N) is 1. The van der Waals surface area contributed by atoms with Gasteiger partial charge in [-0.25, -0.2) is 0 Å². The van der Waals surface area contributed by atoms with Gasteiger partial charge in [-0.15, -0.1) is 0 Å². The first kappa shape index (κ1) is 19.8. The first-order valence-corrected chi connectivity index (χ1v) is 11.8. The largest absolute Gasteiger partial charge is 0.487 e. The zero-order valence-corrected chi connectivity index (χ0v) is 19.0.